The van der Waals surface area contributed by atoms with Gasteiger partial charge < -0.3 is 12.9 Å². The topological polar surface area (TPSA) is 0 Å². The monoisotopic (exact) mass is 229 g/mol. The van der Waals surface area contributed by atoms with Crippen molar-refractivity contribution in [1.82, 2.24) is 0 Å². The van der Waals surface area contributed by atoms with Gasteiger partial charge in [0.2, 0.25) is 0 Å². The molecule has 0 aliphatic rings. The van der Waals surface area contributed by atoms with Crippen LogP contribution in [0.1, 0.15) is 12.0 Å². The zero-order chi connectivity index (χ0) is 10.9. The van der Waals surface area contributed by atoms with Gasteiger partial charge in [-0.25, -0.2) is 8.78 Å². The van der Waals surface area contributed by atoms with Gasteiger partial charge in [0.15, 0.2) is 0 Å². The summed E-state index contributed by atoms with van der Waals surface area (Å²) in [7, 11) is 0. The highest BCUT2D eigenvalue weighted by Gasteiger charge is 2.30. The van der Waals surface area contributed by atoms with Gasteiger partial charge in [0.1, 0.15) is 0 Å². The lowest BCUT2D eigenvalue weighted by molar-refractivity contribution is 0.152. The van der Waals surface area contributed by atoms with Crippen molar-refractivity contribution in [2.24, 2.45) is 0 Å². The summed E-state index contributed by atoms with van der Waals surface area (Å²) in [5, 5.41) is -0.135. The number of benzene rings is 1. The lowest BCUT2D eigenvalue weighted by atomic mass is 9.77. The Balaban J connectivity index is 3.29. The molecule has 0 saturated heterocycles. The second-order valence-electron chi connectivity index (χ2n) is 2.65. The number of halogens is 6. The first-order valence-electron chi connectivity index (χ1n) is 3.60. The zero-order valence-electron chi connectivity index (χ0n) is 6.65. The Kier molecular flexibility index (Phi) is 3.04. The normalized spacial score (nSPS) is 12.2. The van der Waals surface area contributed by atoms with Gasteiger partial charge in [-0.1, -0.05) is 23.1 Å². The summed E-state index contributed by atoms with van der Waals surface area (Å²) >= 11 is 5.32. The maximum atomic E-state index is 12.2. The van der Waals surface area contributed by atoms with Crippen molar-refractivity contribution in [3.8, 4) is 0 Å². The molecular formula is C7H4BClF5-. The summed E-state index contributed by atoms with van der Waals surface area (Å²) in [5.74, 6) is 0. The van der Waals surface area contributed by atoms with Gasteiger partial charge in [-0.05, 0) is 17.7 Å². The summed E-state index contributed by atoms with van der Waals surface area (Å²) in [6.45, 7) is -5.42. The Hall–Kier alpha value is -0.775. The van der Waals surface area contributed by atoms with Crippen LogP contribution in [-0.4, -0.2) is 6.98 Å². The molecule has 0 aliphatic carbocycles. The lowest BCUT2D eigenvalue weighted by Gasteiger charge is -2.19. The van der Waals surface area contributed by atoms with E-state index in [0.717, 1.165) is 6.07 Å². The van der Waals surface area contributed by atoms with Gasteiger partial charge in [0.05, 0.1) is 0 Å². The Bertz CT molecular complexity index is 335. The molecule has 0 heterocycles. The summed E-state index contributed by atoms with van der Waals surface area (Å²) in [5.41, 5.74) is -2.35. The SMILES string of the molecule is FC(F)c1cc(Cl)ccc1[B-](F)(F)F. The fourth-order valence-electron chi connectivity index (χ4n) is 1.03. The summed E-state index contributed by atoms with van der Waals surface area (Å²) in [6, 6.07) is 2.15. The van der Waals surface area contributed by atoms with Crippen LogP contribution in [0.2, 0.25) is 5.02 Å². The molecule has 0 bridgehead atoms. The number of rotatable bonds is 2. The maximum absolute atomic E-state index is 12.2. The fraction of sp³-hybridized carbons (Fsp3) is 0.143. The number of hydrogen-bond donors (Lipinski definition) is 0. The first-order valence-corrected chi connectivity index (χ1v) is 3.97. The van der Waals surface area contributed by atoms with Crippen LogP contribution in [0.4, 0.5) is 21.7 Å². The first kappa shape index (κ1) is 11.3. The van der Waals surface area contributed by atoms with E-state index < -0.39 is 24.4 Å². The highest BCUT2D eigenvalue weighted by atomic mass is 35.5. The van der Waals surface area contributed by atoms with E-state index in [1.807, 2.05) is 0 Å². The van der Waals surface area contributed by atoms with Crippen LogP contribution in [0.5, 0.6) is 0 Å². The van der Waals surface area contributed by atoms with Crippen molar-refractivity contribution < 1.29 is 21.7 Å². The minimum Gasteiger partial charge on any atom is -0.445 e. The van der Waals surface area contributed by atoms with E-state index in [2.05, 4.69) is 0 Å². The summed E-state index contributed by atoms with van der Waals surface area (Å²) in [6.07, 6.45) is -3.17. The second-order valence-corrected chi connectivity index (χ2v) is 3.09. The van der Waals surface area contributed by atoms with E-state index in [4.69, 9.17) is 11.6 Å². The highest BCUT2D eigenvalue weighted by Crippen LogP contribution is 2.24. The van der Waals surface area contributed by atoms with Gasteiger partial charge in [-0.15, -0.1) is 0 Å². The predicted octanol–water partition coefficient (Wildman–Crippen LogP) is 3.33. The van der Waals surface area contributed by atoms with Gasteiger partial charge >= 0.3 is 6.98 Å². The molecule has 0 N–H and O–H groups in total. The van der Waals surface area contributed by atoms with Crippen molar-refractivity contribution in [2.75, 3.05) is 0 Å². The maximum Gasteiger partial charge on any atom is 0.510 e. The molecule has 14 heavy (non-hydrogen) atoms. The summed E-state index contributed by atoms with van der Waals surface area (Å²) < 4.78 is 61.1. The minimum absolute atomic E-state index is 0.135. The molecule has 0 amide bonds. The van der Waals surface area contributed by atoms with E-state index in [0.29, 0.717) is 12.1 Å². The highest BCUT2D eigenvalue weighted by molar-refractivity contribution is 6.74. The van der Waals surface area contributed by atoms with Crippen LogP contribution < -0.4 is 5.46 Å². The molecule has 0 unspecified atom stereocenters. The smallest absolute Gasteiger partial charge is 0.445 e. The Morgan fingerprint density at radius 3 is 2.14 bits per heavy atom. The van der Waals surface area contributed by atoms with E-state index in [-0.39, 0.29) is 5.02 Å². The van der Waals surface area contributed by atoms with E-state index >= 15 is 0 Å². The van der Waals surface area contributed by atoms with Gasteiger partial charge in [0.25, 0.3) is 6.43 Å². The van der Waals surface area contributed by atoms with Gasteiger partial charge in [-0.2, -0.15) is 0 Å². The molecule has 0 fully saturated rings. The van der Waals surface area contributed by atoms with E-state index in [1.54, 1.807) is 0 Å². The minimum atomic E-state index is -5.42. The quantitative estimate of drug-likeness (QED) is 0.539. The van der Waals surface area contributed by atoms with Crippen LogP contribution in [-0.2, 0) is 0 Å². The zero-order valence-corrected chi connectivity index (χ0v) is 7.41. The molecule has 0 spiro atoms. The van der Waals surface area contributed by atoms with Crippen LogP contribution >= 0.6 is 11.6 Å². The van der Waals surface area contributed by atoms with Crippen molar-refractivity contribution >= 4 is 24.0 Å². The van der Waals surface area contributed by atoms with Crippen LogP contribution in [0.25, 0.3) is 0 Å². The molecular weight excluding hydrogens is 225 g/mol. The second kappa shape index (κ2) is 3.77. The Morgan fingerprint density at radius 1 is 1.14 bits per heavy atom. The first-order chi connectivity index (χ1) is 6.32. The van der Waals surface area contributed by atoms with Gasteiger partial charge in [-0.3, -0.25) is 0 Å². The van der Waals surface area contributed by atoms with Crippen molar-refractivity contribution in [3.63, 3.8) is 0 Å². The van der Waals surface area contributed by atoms with E-state index in [1.165, 1.54) is 0 Å². The molecule has 0 radical (unpaired) electrons. The molecule has 0 aliphatic heterocycles. The molecule has 1 aromatic carbocycles. The largest absolute Gasteiger partial charge is 0.510 e. The third-order valence-electron chi connectivity index (χ3n) is 1.64. The lowest BCUT2D eigenvalue weighted by Crippen LogP contribution is -2.37. The molecule has 0 saturated carbocycles. The third-order valence-corrected chi connectivity index (χ3v) is 1.87. The average Bonchev–Trinajstić information content (AvgIpc) is 2.01. The Morgan fingerprint density at radius 2 is 1.71 bits per heavy atom. The summed E-state index contributed by atoms with van der Waals surface area (Å²) in [4.78, 5) is 0. The van der Waals surface area contributed by atoms with Crippen LogP contribution in [0, 0.1) is 0 Å². The molecule has 0 aromatic heterocycles. The fourth-order valence-corrected chi connectivity index (χ4v) is 1.21. The molecule has 0 atom stereocenters. The van der Waals surface area contributed by atoms with Crippen molar-refractivity contribution in [2.45, 2.75) is 6.43 Å². The van der Waals surface area contributed by atoms with Gasteiger partial charge in [0, 0.05) is 5.02 Å². The van der Waals surface area contributed by atoms with E-state index in [9.17, 15) is 21.7 Å². The molecule has 1 rings (SSSR count). The Labute approximate surface area is 81.7 Å². The van der Waals surface area contributed by atoms with Crippen molar-refractivity contribution in [3.05, 3.63) is 28.8 Å². The molecule has 1 aromatic rings. The van der Waals surface area contributed by atoms with Crippen molar-refractivity contribution in [1.29, 1.82) is 0 Å². The molecule has 78 valence electrons. The standard InChI is InChI=1S/C7H4BClF5/c9-4-1-2-6(8(12,13)14)5(3-4)7(10)11/h1-3,7H/q-1. The predicted molar refractivity (Wildman–Crippen MR) is 45.1 cm³/mol. The molecule has 7 heteroatoms. The molecule has 0 nitrogen and oxygen atoms in total. The van der Waals surface area contributed by atoms with Crippen LogP contribution in [0.3, 0.4) is 0 Å². The average molecular weight is 229 g/mol. The third kappa shape index (κ3) is 2.38. The number of alkyl halides is 2. The number of hydrogen-bond acceptors (Lipinski definition) is 0. The van der Waals surface area contributed by atoms with Crippen LogP contribution in [0.15, 0.2) is 18.2 Å².